The van der Waals surface area contributed by atoms with Crippen LogP contribution in [-0.4, -0.2) is 22.9 Å². The third kappa shape index (κ3) is 3.74. The number of carbonyl (C=O) groups is 2. The summed E-state index contributed by atoms with van der Waals surface area (Å²) >= 11 is 0. The zero-order valence-corrected chi connectivity index (χ0v) is 15.4. The first-order chi connectivity index (χ1) is 12.9. The van der Waals surface area contributed by atoms with E-state index in [0.29, 0.717) is 34.5 Å². The molecule has 0 spiro atoms. The molecule has 138 valence electrons. The minimum atomic E-state index is -0.528. The van der Waals surface area contributed by atoms with Crippen LogP contribution in [-0.2, 0) is 7.05 Å². The summed E-state index contributed by atoms with van der Waals surface area (Å²) in [6, 6.07) is 11.8. The predicted octanol–water partition coefficient (Wildman–Crippen LogP) is 3.39. The molecule has 6 nitrogen and oxygen atoms in total. The van der Waals surface area contributed by atoms with E-state index in [1.807, 2.05) is 6.92 Å². The van der Waals surface area contributed by atoms with Crippen molar-refractivity contribution in [2.75, 3.05) is 11.9 Å². The second kappa shape index (κ2) is 7.45. The van der Waals surface area contributed by atoms with Gasteiger partial charge in [0, 0.05) is 24.5 Å². The maximum Gasteiger partial charge on any atom is 0.261 e. The van der Waals surface area contributed by atoms with Crippen molar-refractivity contribution in [1.82, 2.24) is 4.57 Å². The van der Waals surface area contributed by atoms with E-state index in [1.165, 1.54) is 13.1 Å². The zero-order chi connectivity index (χ0) is 19.6. The van der Waals surface area contributed by atoms with Crippen molar-refractivity contribution in [3.8, 4) is 5.75 Å². The molecule has 2 aromatic carbocycles. The van der Waals surface area contributed by atoms with Crippen LogP contribution in [0, 0.1) is 0 Å². The standard InChI is InChI=1S/C21H20N2O4/c1-4-27-16-8-9-19-17(11-16)20(25)18(12-23(19)3)21(26)22-15-7-5-6-14(10-15)13(2)24/h5-12H,4H2,1-3H3,(H,22,26). The lowest BCUT2D eigenvalue weighted by molar-refractivity contribution is 0.101. The molecule has 1 amide bonds. The molecule has 27 heavy (non-hydrogen) atoms. The van der Waals surface area contributed by atoms with Crippen molar-refractivity contribution in [1.29, 1.82) is 0 Å². The number of aromatic nitrogens is 1. The third-order valence-corrected chi connectivity index (χ3v) is 4.24. The van der Waals surface area contributed by atoms with Gasteiger partial charge in [0.1, 0.15) is 11.3 Å². The highest BCUT2D eigenvalue weighted by molar-refractivity contribution is 6.06. The van der Waals surface area contributed by atoms with Gasteiger partial charge in [-0.1, -0.05) is 12.1 Å². The van der Waals surface area contributed by atoms with Gasteiger partial charge >= 0.3 is 0 Å². The van der Waals surface area contributed by atoms with Crippen molar-refractivity contribution in [2.24, 2.45) is 7.05 Å². The molecule has 1 heterocycles. The average molecular weight is 364 g/mol. The largest absolute Gasteiger partial charge is 0.494 e. The summed E-state index contributed by atoms with van der Waals surface area (Å²) in [7, 11) is 1.77. The van der Waals surface area contributed by atoms with E-state index >= 15 is 0 Å². The second-order valence-corrected chi connectivity index (χ2v) is 6.19. The van der Waals surface area contributed by atoms with Gasteiger partial charge in [0.05, 0.1) is 17.5 Å². The minimum Gasteiger partial charge on any atom is -0.494 e. The molecule has 3 rings (SSSR count). The first-order valence-electron chi connectivity index (χ1n) is 8.59. The van der Waals surface area contributed by atoms with Crippen molar-refractivity contribution in [3.63, 3.8) is 0 Å². The number of ether oxygens (including phenoxy) is 1. The van der Waals surface area contributed by atoms with Gasteiger partial charge in [0.15, 0.2) is 5.78 Å². The molecule has 0 bridgehead atoms. The highest BCUT2D eigenvalue weighted by Gasteiger charge is 2.16. The van der Waals surface area contributed by atoms with Crippen LogP contribution >= 0.6 is 0 Å². The molecule has 0 saturated heterocycles. The number of carbonyl (C=O) groups excluding carboxylic acids is 2. The smallest absolute Gasteiger partial charge is 0.261 e. The first kappa shape index (κ1) is 18.4. The van der Waals surface area contributed by atoms with Gasteiger partial charge in [-0.05, 0) is 44.2 Å². The van der Waals surface area contributed by atoms with Crippen molar-refractivity contribution in [3.05, 3.63) is 70.0 Å². The summed E-state index contributed by atoms with van der Waals surface area (Å²) in [6.07, 6.45) is 1.51. The minimum absolute atomic E-state index is 0.0203. The molecule has 0 aliphatic carbocycles. The van der Waals surface area contributed by atoms with Crippen LogP contribution in [0.1, 0.15) is 34.6 Å². The quantitative estimate of drug-likeness (QED) is 0.704. The van der Waals surface area contributed by atoms with Crippen LogP contribution in [0.2, 0.25) is 0 Å². The number of hydrogen-bond donors (Lipinski definition) is 1. The Hall–Kier alpha value is -3.41. The number of nitrogens with zero attached hydrogens (tertiary/aromatic N) is 1. The predicted molar refractivity (Wildman–Crippen MR) is 105 cm³/mol. The molecular formula is C21H20N2O4. The second-order valence-electron chi connectivity index (χ2n) is 6.19. The van der Waals surface area contributed by atoms with Crippen LogP contribution in [0.5, 0.6) is 5.75 Å². The van der Waals surface area contributed by atoms with E-state index in [1.54, 1.807) is 54.1 Å². The summed E-state index contributed by atoms with van der Waals surface area (Å²) in [5.74, 6) is -0.0509. The lowest BCUT2D eigenvalue weighted by Crippen LogP contribution is -2.23. The highest BCUT2D eigenvalue weighted by atomic mass is 16.5. The Morgan fingerprint density at radius 1 is 1.15 bits per heavy atom. The molecule has 0 fully saturated rings. The lowest BCUT2D eigenvalue weighted by Gasteiger charge is -2.11. The molecule has 0 saturated carbocycles. The molecule has 0 aliphatic heterocycles. The van der Waals surface area contributed by atoms with Gasteiger partial charge in [-0.15, -0.1) is 0 Å². The maximum atomic E-state index is 12.9. The number of pyridine rings is 1. The Bertz CT molecular complexity index is 1100. The average Bonchev–Trinajstić information content (AvgIpc) is 2.65. The number of anilines is 1. The van der Waals surface area contributed by atoms with Crippen molar-refractivity contribution in [2.45, 2.75) is 13.8 Å². The monoisotopic (exact) mass is 364 g/mol. The summed E-state index contributed by atoms with van der Waals surface area (Å²) < 4.78 is 7.19. The fourth-order valence-corrected chi connectivity index (χ4v) is 2.90. The lowest BCUT2D eigenvalue weighted by atomic mass is 10.1. The number of fused-ring (bicyclic) bond motifs is 1. The Morgan fingerprint density at radius 2 is 1.93 bits per heavy atom. The highest BCUT2D eigenvalue weighted by Crippen LogP contribution is 2.19. The fourth-order valence-electron chi connectivity index (χ4n) is 2.90. The van der Waals surface area contributed by atoms with E-state index in [9.17, 15) is 14.4 Å². The SMILES string of the molecule is CCOc1ccc2c(c1)c(=O)c(C(=O)Nc1cccc(C(C)=O)c1)cn2C. The van der Waals surface area contributed by atoms with Gasteiger partial charge in [-0.25, -0.2) is 0 Å². The number of nitrogens with one attached hydrogen (secondary N) is 1. The van der Waals surface area contributed by atoms with Gasteiger partial charge < -0.3 is 14.6 Å². The topological polar surface area (TPSA) is 77.4 Å². The Balaban J connectivity index is 2.01. The number of benzene rings is 2. The van der Waals surface area contributed by atoms with Gasteiger partial charge in [0.2, 0.25) is 5.43 Å². The van der Waals surface area contributed by atoms with E-state index < -0.39 is 5.91 Å². The Morgan fingerprint density at radius 3 is 2.63 bits per heavy atom. The molecule has 1 N–H and O–H groups in total. The number of amides is 1. The first-order valence-corrected chi connectivity index (χ1v) is 8.59. The van der Waals surface area contributed by atoms with Crippen LogP contribution < -0.4 is 15.5 Å². The number of rotatable bonds is 5. The molecule has 0 unspecified atom stereocenters. The molecule has 3 aromatic rings. The zero-order valence-electron chi connectivity index (χ0n) is 15.4. The molecule has 0 radical (unpaired) electrons. The third-order valence-electron chi connectivity index (χ3n) is 4.24. The fraction of sp³-hybridized carbons (Fsp3) is 0.190. The number of aryl methyl sites for hydroxylation is 1. The van der Waals surface area contributed by atoms with Crippen molar-refractivity contribution >= 4 is 28.3 Å². The van der Waals surface area contributed by atoms with E-state index in [4.69, 9.17) is 4.74 Å². The Kier molecular flexibility index (Phi) is 5.07. The van der Waals surface area contributed by atoms with E-state index in [-0.39, 0.29) is 16.8 Å². The van der Waals surface area contributed by atoms with Gasteiger partial charge in [0.25, 0.3) is 5.91 Å². The molecule has 6 heteroatoms. The summed E-state index contributed by atoms with van der Waals surface area (Å²) in [5, 5.41) is 3.10. The van der Waals surface area contributed by atoms with Gasteiger partial charge in [-0.3, -0.25) is 14.4 Å². The van der Waals surface area contributed by atoms with Crippen LogP contribution in [0.25, 0.3) is 10.9 Å². The summed E-state index contributed by atoms with van der Waals surface area (Å²) in [5.41, 5.74) is 1.30. The Labute approximate surface area is 156 Å². The van der Waals surface area contributed by atoms with Crippen LogP contribution in [0.4, 0.5) is 5.69 Å². The van der Waals surface area contributed by atoms with Gasteiger partial charge in [-0.2, -0.15) is 0 Å². The maximum absolute atomic E-state index is 12.9. The van der Waals surface area contributed by atoms with Crippen LogP contribution in [0.3, 0.4) is 0 Å². The summed E-state index contributed by atoms with van der Waals surface area (Å²) in [6.45, 7) is 3.80. The molecule has 0 aliphatic rings. The normalized spacial score (nSPS) is 10.6. The van der Waals surface area contributed by atoms with Crippen LogP contribution in [0.15, 0.2) is 53.5 Å². The summed E-state index contributed by atoms with van der Waals surface area (Å²) in [4.78, 5) is 37.0. The molecule has 1 aromatic heterocycles. The number of Topliss-reactive ketones (excluding diaryl/α,β-unsaturated/α-hetero) is 1. The molecular weight excluding hydrogens is 344 g/mol. The van der Waals surface area contributed by atoms with E-state index in [2.05, 4.69) is 5.32 Å². The number of hydrogen-bond acceptors (Lipinski definition) is 4. The van der Waals surface area contributed by atoms with E-state index in [0.717, 1.165) is 0 Å². The van der Waals surface area contributed by atoms with Crippen molar-refractivity contribution < 1.29 is 14.3 Å². The number of ketones is 1. The molecule has 0 atom stereocenters.